The van der Waals surface area contributed by atoms with E-state index in [0.717, 1.165) is 19.5 Å². The summed E-state index contributed by atoms with van der Waals surface area (Å²) in [6, 6.07) is 6.62. The molecule has 0 bridgehead atoms. The van der Waals surface area contributed by atoms with E-state index in [9.17, 15) is 0 Å². The first kappa shape index (κ1) is 8.57. The highest BCUT2D eigenvalue weighted by atomic mass is 14.9. The maximum Gasteiger partial charge on any atom is 0.0376 e. The van der Waals surface area contributed by atoms with Crippen molar-refractivity contribution in [1.82, 2.24) is 0 Å². The number of rotatable bonds is 2. The number of benzene rings is 1. The minimum absolute atomic E-state index is 0.646. The van der Waals surface area contributed by atoms with Gasteiger partial charge in [-0.2, -0.15) is 0 Å². The fraction of sp³-hybridized carbons (Fsp3) is 0.455. The summed E-state index contributed by atoms with van der Waals surface area (Å²) >= 11 is 0. The van der Waals surface area contributed by atoms with E-state index in [1.807, 2.05) is 0 Å². The summed E-state index contributed by atoms with van der Waals surface area (Å²) in [6.07, 6.45) is 0.986. The summed E-state index contributed by atoms with van der Waals surface area (Å²) in [7, 11) is 0. The van der Waals surface area contributed by atoms with Crippen molar-refractivity contribution in [1.29, 1.82) is 0 Å². The highest BCUT2D eigenvalue weighted by Gasteiger charge is 2.17. The molecule has 0 aliphatic carbocycles. The Morgan fingerprint density at radius 2 is 2.38 bits per heavy atom. The van der Waals surface area contributed by atoms with Crippen LogP contribution in [0.4, 0.5) is 5.69 Å². The van der Waals surface area contributed by atoms with Crippen molar-refractivity contribution in [3.05, 3.63) is 29.3 Å². The van der Waals surface area contributed by atoms with E-state index >= 15 is 0 Å². The van der Waals surface area contributed by atoms with Crippen molar-refractivity contribution >= 4 is 5.69 Å². The van der Waals surface area contributed by atoms with Crippen LogP contribution in [0.3, 0.4) is 0 Å². The first-order chi connectivity index (χ1) is 6.31. The fourth-order valence-corrected chi connectivity index (χ4v) is 1.88. The maximum absolute atomic E-state index is 5.52. The van der Waals surface area contributed by atoms with Gasteiger partial charge in [0.05, 0.1) is 0 Å². The predicted octanol–water partition coefficient (Wildman–Crippen LogP) is 1.72. The van der Waals surface area contributed by atoms with Crippen molar-refractivity contribution in [3.63, 3.8) is 0 Å². The summed E-state index contributed by atoms with van der Waals surface area (Å²) in [6.45, 7) is 4.06. The standard InChI is InChI=1S/C11H16N2/c1-8-7-13-11-3-2-9(4-5-12)6-10(8)11/h2-3,6,8,13H,4-5,7,12H2,1H3. The second kappa shape index (κ2) is 3.38. The molecule has 2 heteroatoms. The van der Waals surface area contributed by atoms with Gasteiger partial charge in [0.25, 0.3) is 0 Å². The van der Waals surface area contributed by atoms with Gasteiger partial charge in [-0.25, -0.2) is 0 Å². The van der Waals surface area contributed by atoms with E-state index in [-0.39, 0.29) is 0 Å². The zero-order valence-corrected chi connectivity index (χ0v) is 8.01. The smallest absolute Gasteiger partial charge is 0.0376 e. The molecule has 0 fully saturated rings. The molecule has 0 spiro atoms. The van der Waals surface area contributed by atoms with Gasteiger partial charge in [0.1, 0.15) is 0 Å². The second-order valence-corrected chi connectivity index (χ2v) is 3.74. The van der Waals surface area contributed by atoms with Crippen LogP contribution in [0.5, 0.6) is 0 Å². The zero-order chi connectivity index (χ0) is 9.26. The van der Waals surface area contributed by atoms with Gasteiger partial charge < -0.3 is 11.1 Å². The first-order valence-electron chi connectivity index (χ1n) is 4.88. The molecule has 70 valence electrons. The summed E-state index contributed by atoms with van der Waals surface area (Å²) < 4.78 is 0. The first-order valence-corrected chi connectivity index (χ1v) is 4.88. The Labute approximate surface area is 79.1 Å². The highest BCUT2D eigenvalue weighted by Crippen LogP contribution is 2.31. The lowest BCUT2D eigenvalue weighted by Gasteiger charge is -2.05. The minimum atomic E-state index is 0.646. The quantitative estimate of drug-likeness (QED) is 0.720. The molecule has 2 nitrogen and oxygen atoms in total. The number of hydrogen-bond acceptors (Lipinski definition) is 2. The van der Waals surface area contributed by atoms with E-state index in [1.165, 1.54) is 16.8 Å². The van der Waals surface area contributed by atoms with Crippen LogP contribution in [0.25, 0.3) is 0 Å². The molecule has 1 aromatic carbocycles. The molecule has 13 heavy (non-hydrogen) atoms. The van der Waals surface area contributed by atoms with Crippen molar-refractivity contribution in [2.24, 2.45) is 5.73 Å². The van der Waals surface area contributed by atoms with Crippen molar-refractivity contribution in [2.75, 3.05) is 18.4 Å². The van der Waals surface area contributed by atoms with Gasteiger partial charge in [-0.05, 0) is 30.2 Å². The van der Waals surface area contributed by atoms with Crippen LogP contribution in [-0.4, -0.2) is 13.1 Å². The molecule has 2 rings (SSSR count). The molecule has 1 aromatic rings. The maximum atomic E-state index is 5.52. The minimum Gasteiger partial charge on any atom is -0.384 e. The molecule has 1 heterocycles. The van der Waals surface area contributed by atoms with Crippen LogP contribution in [-0.2, 0) is 6.42 Å². The van der Waals surface area contributed by atoms with Crippen LogP contribution in [0.1, 0.15) is 24.0 Å². The molecule has 0 saturated heterocycles. The molecule has 0 radical (unpaired) electrons. The Balaban J connectivity index is 2.31. The Bertz CT molecular complexity index is 307. The van der Waals surface area contributed by atoms with E-state index in [1.54, 1.807) is 0 Å². The third-order valence-corrected chi connectivity index (χ3v) is 2.68. The van der Waals surface area contributed by atoms with Crippen LogP contribution < -0.4 is 11.1 Å². The topological polar surface area (TPSA) is 38.0 Å². The van der Waals surface area contributed by atoms with Gasteiger partial charge in [-0.1, -0.05) is 19.1 Å². The highest BCUT2D eigenvalue weighted by molar-refractivity contribution is 5.58. The molecule has 3 N–H and O–H groups in total. The third-order valence-electron chi connectivity index (χ3n) is 2.68. The third kappa shape index (κ3) is 1.54. The fourth-order valence-electron chi connectivity index (χ4n) is 1.88. The number of nitrogens with two attached hydrogens (primary N) is 1. The lowest BCUT2D eigenvalue weighted by atomic mass is 10.00. The van der Waals surface area contributed by atoms with Crippen molar-refractivity contribution in [2.45, 2.75) is 19.3 Å². The molecule has 0 aromatic heterocycles. The largest absolute Gasteiger partial charge is 0.384 e. The van der Waals surface area contributed by atoms with Crippen LogP contribution in [0.2, 0.25) is 0 Å². The molecule has 0 saturated carbocycles. The van der Waals surface area contributed by atoms with Crippen LogP contribution in [0.15, 0.2) is 18.2 Å². The zero-order valence-electron chi connectivity index (χ0n) is 8.01. The van der Waals surface area contributed by atoms with E-state index in [0.29, 0.717) is 5.92 Å². The van der Waals surface area contributed by atoms with Crippen molar-refractivity contribution in [3.8, 4) is 0 Å². The van der Waals surface area contributed by atoms with Crippen LogP contribution >= 0.6 is 0 Å². The van der Waals surface area contributed by atoms with Gasteiger partial charge in [0.2, 0.25) is 0 Å². The Morgan fingerprint density at radius 3 is 3.15 bits per heavy atom. The Hall–Kier alpha value is -1.02. The number of hydrogen-bond donors (Lipinski definition) is 2. The summed E-state index contributed by atoms with van der Waals surface area (Å²) in [4.78, 5) is 0. The Kier molecular flexibility index (Phi) is 2.23. The molecular weight excluding hydrogens is 160 g/mol. The van der Waals surface area contributed by atoms with Gasteiger partial charge in [-0.3, -0.25) is 0 Å². The van der Waals surface area contributed by atoms with E-state index in [2.05, 4.69) is 30.4 Å². The average molecular weight is 176 g/mol. The lowest BCUT2D eigenvalue weighted by Crippen LogP contribution is -2.02. The molecule has 1 atom stereocenters. The SMILES string of the molecule is CC1CNc2ccc(CCN)cc21. The number of anilines is 1. The normalized spacial score (nSPS) is 19.7. The summed E-state index contributed by atoms with van der Waals surface area (Å²) in [5, 5.41) is 3.39. The van der Waals surface area contributed by atoms with Crippen LogP contribution in [0, 0.1) is 0 Å². The monoisotopic (exact) mass is 176 g/mol. The molecule has 1 aliphatic heterocycles. The second-order valence-electron chi connectivity index (χ2n) is 3.74. The number of nitrogens with one attached hydrogen (secondary N) is 1. The molecular formula is C11H16N2. The molecule has 1 aliphatic rings. The molecule has 0 amide bonds. The number of fused-ring (bicyclic) bond motifs is 1. The predicted molar refractivity (Wildman–Crippen MR) is 56.1 cm³/mol. The lowest BCUT2D eigenvalue weighted by molar-refractivity contribution is 0.850. The summed E-state index contributed by atoms with van der Waals surface area (Å²) in [5.74, 6) is 0.646. The van der Waals surface area contributed by atoms with Gasteiger partial charge in [0.15, 0.2) is 0 Å². The van der Waals surface area contributed by atoms with Crippen molar-refractivity contribution < 1.29 is 0 Å². The average Bonchev–Trinajstić information content (AvgIpc) is 2.49. The van der Waals surface area contributed by atoms with Gasteiger partial charge in [0, 0.05) is 18.2 Å². The van der Waals surface area contributed by atoms with E-state index < -0.39 is 0 Å². The van der Waals surface area contributed by atoms with E-state index in [4.69, 9.17) is 5.73 Å². The Morgan fingerprint density at radius 1 is 1.54 bits per heavy atom. The van der Waals surface area contributed by atoms with Gasteiger partial charge >= 0.3 is 0 Å². The van der Waals surface area contributed by atoms with Gasteiger partial charge in [-0.15, -0.1) is 0 Å². The molecule has 1 unspecified atom stereocenters. The summed E-state index contributed by atoms with van der Waals surface area (Å²) in [5.41, 5.74) is 9.63.